The maximum atomic E-state index is 11.8. The molecule has 1 aliphatic heterocycles. The number of fused-ring (bicyclic) bond motifs is 2. The second kappa shape index (κ2) is 5.40. The Bertz CT molecular complexity index is 1000. The summed E-state index contributed by atoms with van der Waals surface area (Å²) in [6.45, 7) is 2.76. The fourth-order valence-corrected chi connectivity index (χ4v) is 3.32. The lowest BCUT2D eigenvalue weighted by Crippen LogP contribution is -2.26. The third-order valence-corrected chi connectivity index (χ3v) is 4.52. The highest BCUT2D eigenvalue weighted by Gasteiger charge is 2.22. The fraction of sp³-hybridized carbons (Fsp3) is 0.250. The molecule has 6 nitrogen and oxygen atoms in total. The summed E-state index contributed by atoms with van der Waals surface area (Å²) >= 11 is 6.01. The number of hydrogen-bond donors (Lipinski definition) is 2. The lowest BCUT2D eigenvalue weighted by atomic mass is 10.2. The van der Waals surface area contributed by atoms with Gasteiger partial charge in [-0.05, 0) is 24.3 Å². The van der Waals surface area contributed by atoms with Crippen molar-refractivity contribution in [3.8, 4) is 0 Å². The Morgan fingerprint density at radius 3 is 2.83 bits per heavy atom. The standard InChI is InChI=1S/C16H15ClN4O2/c17-11-1-2-14-10(7-11)3-4-21(14)6-5-20-8-12-13(9-20)18-16(23)19-15(12)22/h1-4,7H,5-6,8-9H2,(H2,18,19,22,23). The van der Waals surface area contributed by atoms with Gasteiger partial charge in [0.25, 0.3) is 5.56 Å². The molecule has 0 fully saturated rings. The van der Waals surface area contributed by atoms with E-state index >= 15 is 0 Å². The van der Waals surface area contributed by atoms with Crippen molar-refractivity contribution >= 4 is 22.5 Å². The van der Waals surface area contributed by atoms with Crippen LogP contribution in [-0.4, -0.2) is 26.0 Å². The second-order valence-corrected chi connectivity index (χ2v) is 6.22. The van der Waals surface area contributed by atoms with E-state index in [0.29, 0.717) is 18.7 Å². The van der Waals surface area contributed by atoms with Crippen molar-refractivity contribution in [1.29, 1.82) is 0 Å². The van der Waals surface area contributed by atoms with Gasteiger partial charge in [0.15, 0.2) is 0 Å². The molecule has 2 aromatic heterocycles. The molecule has 3 aromatic rings. The van der Waals surface area contributed by atoms with Gasteiger partial charge in [-0.1, -0.05) is 11.6 Å². The molecule has 0 atom stereocenters. The van der Waals surface area contributed by atoms with Gasteiger partial charge >= 0.3 is 5.69 Å². The number of nitrogens with one attached hydrogen (secondary N) is 2. The average molecular weight is 331 g/mol. The minimum Gasteiger partial charge on any atom is -0.346 e. The van der Waals surface area contributed by atoms with E-state index in [1.165, 1.54) is 0 Å². The summed E-state index contributed by atoms with van der Waals surface area (Å²) in [6, 6.07) is 7.89. The lowest BCUT2D eigenvalue weighted by molar-refractivity contribution is 0.271. The number of aromatic nitrogens is 3. The monoisotopic (exact) mass is 330 g/mol. The van der Waals surface area contributed by atoms with Crippen molar-refractivity contribution in [3.05, 3.63) is 67.6 Å². The maximum absolute atomic E-state index is 11.8. The van der Waals surface area contributed by atoms with Crippen LogP contribution in [0.1, 0.15) is 11.3 Å². The zero-order valence-electron chi connectivity index (χ0n) is 12.3. The predicted octanol–water partition coefficient (Wildman–Crippen LogP) is 1.69. The Morgan fingerprint density at radius 1 is 1.09 bits per heavy atom. The van der Waals surface area contributed by atoms with E-state index in [4.69, 9.17) is 11.6 Å². The quantitative estimate of drug-likeness (QED) is 0.767. The molecule has 0 aliphatic carbocycles. The van der Waals surface area contributed by atoms with Crippen LogP contribution in [0.3, 0.4) is 0 Å². The van der Waals surface area contributed by atoms with Crippen molar-refractivity contribution < 1.29 is 0 Å². The topological polar surface area (TPSA) is 73.9 Å². The maximum Gasteiger partial charge on any atom is 0.325 e. The third kappa shape index (κ3) is 2.60. The predicted molar refractivity (Wildman–Crippen MR) is 88.7 cm³/mol. The highest BCUT2D eigenvalue weighted by atomic mass is 35.5. The number of halogens is 1. The van der Waals surface area contributed by atoms with Gasteiger partial charge in [0.1, 0.15) is 0 Å². The molecule has 0 saturated carbocycles. The van der Waals surface area contributed by atoms with E-state index in [9.17, 15) is 9.59 Å². The number of nitrogens with zero attached hydrogens (tertiary/aromatic N) is 2. The molecular formula is C16H15ClN4O2. The first-order valence-corrected chi connectivity index (χ1v) is 7.79. The van der Waals surface area contributed by atoms with Crippen molar-refractivity contribution in [3.63, 3.8) is 0 Å². The van der Waals surface area contributed by atoms with Crippen LogP contribution in [0.2, 0.25) is 5.02 Å². The number of hydrogen-bond acceptors (Lipinski definition) is 3. The van der Waals surface area contributed by atoms with Gasteiger partial charge in [-0.2, -0.15) is 0 Å². The zero-order chi connectivity index (χ0) is 16.0. The Labute approximate surface area is 136 Å². The van der Waals surface area contributed by atoms with Crippen LogP contribution in [-0.2, 0) is 19.6 Å². The van der Waals surface area contributed by atoms with Crippen LogP contribution in [0.5, 0.6) is 0 Å². The van der Waals surface area contributed by atoms with Crippen LogP contribution in [0.25, 0.3) is 10.9 Å². The first-order valence-electron chi connectivity index (χ1n) is 7.41. The second-order valence-electron chi connectivity index (χ2n) is 5.79. The Hall–Kier alpha value is -2.31. The fourth-order valence-electron chi connectivity index (χ4n) is 3.14. The van der Waals surface area contributed by atoms with Crippen LogP contribution >= 0.6 is 11.6 Å². The molecule has 1 aromatic carbocycles. The Balaban J connectivity index is 1.51. The van der Waals surface area contributed by atoms with Crippen LogP contribution in [0.15, 0.2) is 40.1 Å². The van der Waals surface area contributed by atoms with E-state index in [1.54, 1.807) is 0 Å². The van der Waals surface area contributed by atoms with Gasteiger partial charge in [-0.25, -0.2) is 4.79 Å². The van der Waals surface area contributed by atoms with Gasteiger partial charge in [-0.3, -0.25) is 14.7 Å². The summed E-state index contributed by atoms with van der Waals surface area (Å²) in [5.41, 5.74) is 1.80. The highest BCUT2D eigenvalue weighted by Crippen LogP contribution is 2.21. The van der Waals surface area contributed by atoms with Crippen LogP contribution in [0, 0.1) is 0 Å². The molecule has 118 valence electrons. The van der Waals surface area contributed by atoms with Gasteiger partial charge in [0, 0.05) is 54.0 Å². The Morgan fingerprint density at radius 2 is 1.96 bits per heavy atom. The largest absolute Gasteiger partial charge is 0.346 e. The molecule has 2 N–H and O–H groups in total. The molecule has 0 radical (unpaired) electrons. The summed E-state index contributed by atoms with van der Waals surface area (Å²) in [7, 11) is 0. The summed E-state index contributed by atoms with van der Waals surface area (Å²) < 4.78 is 2.17. The van der Waals surface area contributed by atoms with Crippen molar-refractivity contribution in [2.75, 3.05) is 6.54 Å². The van der Waals surface area contributed by atoms with Crippen molar-refractivity contribution in [1.82, 2.24) is 19.4 Å². The number of aromatic amines is 2. The smallest absolute Gasteiger partial charge is 0.325 e. The molecule has 0 amide bonds. The molecule has 0 saturated heterocycles. The van der Waals surface area contributed by atoms with Gasteiger partial charge in [0.05, 0.1) is 5.56 Å². The van der Waals surface area contributed by atoms with Gasteiger partial charge in [-0.15, -0.1) is 0 Å². The first-order chi connectivity index (χ1) is 11.1. The molecule has 3 heterocycles. The highest BCUT2D eigenvalue weighted by molar-refractivity contribution is 6.31. The number of H-pyrrole nitrogens is 2. The van der Waals surface area contributed by atoms with Crippen molar-refractivity contribution in [2.24, 2.45) is 0 Å². The number of rotatable bonds is 3. The van der Waals surface area contributed by atoms with Gasteiger partial charge in [0.2, 0.25) is 0 Å². The lowest BCUT2D eigenvalue weighted by Gasteiger charge is -2.15. The molecule has 0 bridgehead atoms. The zero-order valence-corrected chi connectivity index (χ0v) is 13.1. The van der Waals surface area contributed by atoms with E-state index in [2.05, 4.69) is 19.4 Å². The molecule has 1 aliphatic rings. The summed E-state index contributed by atoms with van der Waals surface area (Å²) in [4.78, 5) is 30.3. The SMILES string of the molecule is O=c1[nH]c2c(c(=O)[nH]1)CN(CCn1ccc3cc(Cl)ccc31)C2. The third-order valence-electron chi connectivity index (χ3n) is 4.28. The van der Waals surface area contributed by atoms with Gasteiger partial charge < -0.3 is 9.55 Å². The minimum absolute atomic E-state index is 0.285. The summed E-state index contributed by atoms with van der Waals surface area (Å²) in [5, 5.41) is 1.84. The van der Waals surface area contributed by atoms with Crippen LogP contribution < -0.4 is 11.2 Å². The van der Waals surface area contributed by atoms with Crippen molar-refractivity contribution in [2.45, 2.75) is 19.6 Å². The minimum atomic E-state index is -0.441. The molecule has 4 rings (SSSR count). The molecule has 7 heteroatoms. The van der Waals surface area contributed by atoms with Crippen LogP contribution in [0.4, 0.5) is 0 Å². The van der Waals surface area contributed by atoms with E-state index < -0.39 is 5.69 Å². The first kappa shape index (κ1) is 14.3. The molecule has 23 heavy (non-hydrogen) atoms. The number of benzene rings is 1. The summed E-state index contributed by atoms with van der Waals surface area (Å²) in [5.74, 6) is 0. The van der Waals surface area contributed by atoms with E-state index in [0.717, 1.165) is 34.7 Å². The Kier molecular flexibility index (Phi) is 3.36. The van der Waals surface area contributed by atoms with E-state index in [1.807, 2.05) is 30.5 Å². The molecule has 0 unspecified atom stereocenters. The normalized spacial score (nSPS) is 14.5. The average Bonchev–Trinajstić information content (AvgIpc) is 3.08. The summed E-state index contributed by atoms with van der Waals surface area (Å²) in [6.07, 6.45) is 2.04. The molecule has 0 spiro atoms. The molecular weight excluding hydrogens is 316 g/mol. The van der Waals surface area contributed by atoms with E-state index in [-0.39, 0.29) is 5.56 Å².